The standard InChI is InChI=1S/C38H39FN8O3S/c1-38(2,3)33-21-35(47(44-33)28-12-14-31(48)30(39)20-28)41-37(49)40-22-27-6-4-5-7-32(27)51-29-13-15-34-42-43-36(46(34)24-29)26-10-8-25(9-11-26)23-45-16-18-50-19-17-45/h4-15,20-21,24,48H,16-19,22-23H2,1-3H3,(H2,40,41,49). The van der Waals surface area contributed by atoms with Gasteiger partial charge in [-0.3, -0.25) is 14.6 Å². The Morgan fingerprint density at radius 3 is 2.53 bits per heavy atom. The molecule has 4 heterocycles. The number of phenols is 1. The molecule has 1 aliphatic rings. The Bertz CT molecular complexity index is 2170. The first-order valence-corrected chi connectivity index (χ1v) is 17.6. The molecule has 0 bridgehead atoms. The molecule has 0 unspecified atom stereocenters. The van der Waals surface area contributed by atoms with Crippen LogP contribution in [0.15, 0.2) is 101 Å². The third-order valence-corrected chi connectivity index (χ3v) is 9.73. The van der Waals surface area contributed by atoms with E-state index in [-0.39, 0.29) is 12.0 Å². The van der Waals surface area contributed by atoms with Crippen LogP contribution in [0.2, 0.25) is 0 Å². The van der Waals surface area contributed by atoms with Crippen molar-refractivity contribution in [3.63, 3.8) is 0 Å². The molecule has 7 rings (SSSR count). The van der Waals surface area contributed by atoms with Crippen LogP contribution < -0.4 is 10.6 Å². The number of carbonyl (C=O) groups is 1. The molecular weight excluding hydrogens is 668 g/mol. The second-order valence-corrected chi connectivity index (χ2v) is 14.5. The second kappa shape index (κ2) is 14.5. The number of hydrogen-bond acceptors (Lipinski definition) is 8. The minimum Gasteiger partial charge on any atom is -0.505 e. The number of ether oxygens (including phenoxy) is 1. The molecule has 3 aromatic carbocycles. The highest BCUT2D eigenvalue weighted by Crippen LogP contribution is 2.32. The summed E-state index contributed by atoms with van der Waals surface area (Å²) in [5, 5.41) is 29.0. The van der Waals surface area contributed by atoms with E-state index < -0.39 is 17.6 Å². The summed E-state index contributed by atoms with van der Waals surface area (Å²) < 4.78 is 23.2. The van der Waals surface area contributed by atoms with Gasteiger partial charge in [-0.05, 0) is 41.5 Å². The van der Waals surface area contributed by atoms with Crippen molar-refractivity contribution >= 4 is 29.3 Å². The van der Waals surface area contributed by atoms with Crippen LogP contribution in [0.5, 0.6) is 5.75 Å². The Labute approximate surface area is 299 Å². The van der Waals surface area contributed by atoms with Crippen LogP contribution in [0.4, 0.5) is 15.0 Å². The molecule has 2 amide bonds. The fraction of sp³-hybridized carbons (Fsp3) is 0.263. The van der Waals surface area contributed by atoms with Crippen molar-refractivity contribution in [2.45, 2.75) is 49.1 Å². The van der Waals surface area contributed by atoms with E-state index in [0.29, 0.717) is 17.2 Å². The van der Waals surface area contributed by atoms with Gasteiger partial charge in [-0.15, -0.1) is 10.2 Å². The Kier molecular flexibility index (Phi) is 9.76. The van der Waals surface area contributed by atoms with Crippen LogP contribution >= 0.6 is 11.8 Å². The molecule has 0 saturated carbocycles. The first kappa shape index (κ1) is 34.2. The van der Waals surface area contributed by atoms with E-state index in [1.165, 1.54) is 28.4 Å². The van der Waals surface area contributed by atoms with Gasteiger partial charge in [0, 0.05) is 65.3 Å². The highest BCUT2D eigenvalue weighted by Gasteiger charge is 2.22. The lowest BCUT2D eigenvalue weighted by molar-refractivity contribution is 0.0342. The van der Waals surface area contributed by atoms with Crippen LogP contribution in [0, 0.1) is 5.82 Å². The van der Waals surface area contributed by atoms with Crippen LogP contribution in [-0.4, -0.2) is 66.7 Å². The number of hydrogen-bond donors (Lipinski definition) is 3. The molecule has 0 spiro atoms. The molecule has 1 fully saturated rings. The lowest BCUT2D eigenvalue weighted by atomic mass is 9.92. The maximum atomic E-state index is 14.2. The minimum atomic E-state index is -0.779. The summed E-state index contributed by atoms with van der Waals surface area (Å²) in [6, 6.07) is 25.7. The summed E-state index contributed by atoms with van der Waals surface area (Å²) in [6.45, 7) is 10.6. The molecule has 13 heteroatoms. The van der Waals surface area contributed by atoms with Gasteiger partial charge >= 0.3 is 6.03 Å². The Morgan fingerprint density at radius 1 is 0.980 bits per heavy atom. The zero-order valence-corrected chi connectivity index (χ0v) is 29.5. The van der Waals surface area contributed by atoms with Crippen molar-refractivity contribution in [1.29, 1.82) is 0 Å². The van der Waals surface area contributed by atoms with Crippen LogP contribution in [0.25, 0.3) is 22.7 Å². The van der Waals surface area contributed by atoms with Crippen LogP contribution in [0.3, 0.4) is 0 Å². The number of fused-ring (bicyclic) bond motifs is 1. The van der Waals surface area contributed by atoms with Crippen molar-refractivity contribution in [2.24, 2.45) is 0 Å². The van der Waals surface area contributed by atoms with Gasteiger partial charge in [0.1, 0.15) is 5.82 Å². The van der Waals surface area contributed by atoms with Crippen molar-refractivity contribution in [3.05, 3.63) is 114 Å². The number of nitrogens with one attached hydrogen (secondary N) is 2. The van der Waals surface area contributed by atoms with Gasteiger partial charge in [-0.2, -0.15) is 5.10 Å². The number of aromatic hydroxyl groups is 1. The Balaban J connectivity index is 1.04. The summed E-state index contributed by atoms with van der Waals surface area (Å²) in [5.74, 6) is -0.105. The van der Waals surface area contributed by atoms with Gasteiger partial charge in [0.2, 0.25) is 0 Å². The average Bonchev–Trinajstić information content (AvgIpc) is 3.75. The number of urea groups is 1. The molecule has 51 heavy (non-hydrogen) atoms. The summed E-state index contributed by atoms with van der Waals surface area (Å²) in [5.41, 5.74) is 4.67. The van der Waals surface area contributed by atoms with Gasteiger partial charge in [0.05, 0.1) is 24.6 Å². The molecule has 3 N–H and O–H groups in total. The smallest absolute Gasteiger partial charge is 0.320 e. The van der Waals surface area contributed by atoms with E-state index in [1.54, 1.807) is 17.8 Å². The first-order chi connectivity index (χ1) is 24.6. The van der Waals surface area contributed by atoms with E-state index >= 15 is 0 Å². The number of nitrogens with zero attached hydrogens (tertiary/aromatic N) is 6. The summed E-state index contributed by atoms with van der Waals surface area (Å²) >= 11 is 1.59. The summed E-state index contributed by atoms with van der Waals surface area (Å²) in [6.07, 6.45) is 2.04. The number of carbonyl (C=O) groups excluding carboxylic acids is 1. The monoisotopic (exact) mass is 706 g/mol. The third kappa shape index (κ3) is 7.90. The van der Waals surface area contributed by atoms with E-state index in [9.17, 15) is 14.3 Å². The van der Waals surface area contributed by atoms with Crippen molar-refractivity contribution in [1.82, 2.24) is 34.6 Å². The molecule has 6 aromatic rings. The molecule has 3 aromatic heterocycles. The number of pyridine rings is 1. The van der Waals surface area contributed by atoms with Crippen molar-refractivity contribution in [3.8, 4) is 22.8 Å². The van der Waals surface area contributed by atoms with Gasteiger partial charge in [0.25, 0.3) is 0 Å². The zero-order chi connectivity index (χ0) is 35.5. The lowest BCUT2D eigenvalue weighted by Crippen LogP contribution is -2.35. The predicted octanol–water partition coefficient (Wildman–Crippen LogP) is 7.03. The topological polar surface area (TPSA) is 122 Å². The quantitative estimate of drug-likeness (QED) is 0.147. The summed E-state index contributed by atoms with van der Waals surface area (Å²) in [4.78, 5) is 17.6. The van der Waals surface area contributed by atoms with E-state index in [1.807, 2.05) is 67.8 Å². The number of halogens is 1. The number of morpholine rings is 1. The van der Waals surface area contributed by atoms with E-state index in [2.05, 4.69) is 55.1 Å². The lowest BCUT2D eigenvalue weighted by Gasteiger charge is -2.26. The van der Waals surface area contributed by atoms with E-state index in [0.717, 1.165) is 65.2 Å². The highest BCUT2D eigenvalue weighted by molar-refractivity contribution is 7.99. The summed E-state index contributed by atoms with van der Waals surface area (Å²) in [7, 11) is 0. The molecule has 0 atom stereocenters. The third-order valence-electron chi connectivity index (χ3n) is 8.63. The van der Waals surface area contributed by atoms with Gasteiger partial charge in [-0.1, -0.05) is 75.0 Å². The van der Waals surface area contributed by atoms with Gasteiger partial charge in [0.15, 0.2) is 23.0 Å². The molecule has 1 saturated heterocycles. The zero-order valence-electron chi connectivity index (χ0n) is 28.6. The van der Waals surface area contributed by atoms with Gasteiger partial charge in [-0.25, -0.2) is 13.9 Å². The average molecular weight is 707 g/mol. The predicted molar refractivity (Wildman–Crippen MR) is 195 cm³/mol. The molecule has 0 aliphatic carbocycles. The highest BCUT2D eigenvalue weighted by atomic mass is 32.2. The Hall–Kier alpha value is -5.24. The minimum absolute atomic E-state index is 0.264. The molecular formula is C38H39FN8O3S. The molecule has 11 nitrogen and oxygen atoms in total. The number of phenolic OH excluding ortho intramolecular Hbond substituents is 1. The van der Waals surface area contributed by atoms with Crippen LogP contribution in [0.1, 0.15) is 37.6 Å². The second-order valence-electron chi connectivity index (χ2n) is 13.4. The molecule has 0 radical (unpaired) electrons. The largest absolute Gasteiger partial charge is 0.505 e. The fourth-order valence-electron chi connectivity index (χ4n) is 5.78. The van der Waals surface area contributed by atoms with Crippen molar-refractivity contribution < 1.29 is 19.0 Å². The number of benzene rings is 3. The first-order valence-electron chi connectivity index (χ1n) is 16.7. The number of rotatable bonds is 9. The fourth-order valence-corrected chi connectivity index (χ4v) is 6.74. The molecule has 262 valence electrons. The van der Waals surface area contributed by atoms with E-state index in [4.69, 9.17) is 4.74 Å². The normalized spacial score (nSPS) is 13.8. The maximum absolute atomic E-state index is 14.2. The maximum Gasteiger partial charge on any atom is 0.320 e. The number of anilines is 1. The molecule has 1 aliphatic heterocycles. The number of amides is 2. The van der Waals surface area contributed by atoms with Crippen molar-refractivity contribution in [2.75, 3.05) is 31.6 Å². The van der Waals surface area contributed by atoms with Crippen LogP contribution in [-0.2, 0) is 23.2 Å². The number of aromatic nitrogens is 5. The SMILES string of the molecule is CC(C)(C)c1cc(NC(=O)NCc2ccccc2Sc2ccc3nnc(-c4ccc(CN5CCOCC5)cc4)n3c2)n(-c2ccc(O)c(F)c2)n1. The van der Waals surface area contributed by atoms with Gasteiger partial charge < -0.3 is 15.2 Å². The Morgan fingerprint density at radius 2 is 1.76 bits per heavy atom.